The summed E-state index contributed by atoms with van der Waals surface area (Å²) in [6.45, 7) is 0. The van der Waals surface area contributed by atoms with Gasteiger partial charge in [-0.2, -0.15) is 0 Å². The number of hydrogen-bond donors (Lipinski definition) is 2. The molecule has 2 nitrogen and oxygen atoms in total. The van der Waals surface area contributed by atoms with Crippen molar-refractivity contribution in [1.29, 1.82) is 0 Å². The molecule has 12 heavy (non-hydrogen) atoms. The van der Waals surface area contributed by atoms with Crippen LogP contribution in [0.25, 0.3) is 0 Å². The van der Waals surface area contributed by atoms with E-state index in [1.165, 1.54) is 0 Å². The lowest BCUT2D eigenvalue weighted by atomic mass is 10.1. The average Bonchev–Trinajstić information content (AvgIpc) is 2.32. The summed E-state index contributed by atoms with van der Waals surface area (Å²) in [5.74, 6) is 0. The third kappa shape index (κ3) is 1.04. The minimum absolute atomic E-state index is 0.195. The first-order valence-corrected chi connectivity index (χ1v) is 4.29. The smallest absolute Gasteiger partial charge is 0.0947 e. The first-order chi connectivity index (χ1) is 5.70. The van der Waals surface area contributed by atoms with E-state index in [9.17, 15) is 5.11 Å². The zero-order valence-corrected chi connectivity index (χ0v) is 7.25. The minimum atomic E-state index is -0.543. The molecule has 1 aliphatic rings. The Balaban J connectivity index is 2.53. The molecule has 0 saturated heterocycles. The van der Waals surface area contributed by atoms with Gasteiger partial charge in [-0.05, 0) is 23.6 Å². The Bertz CT molecular complexity index is 313. The van der Waals surface area contributed by atoms with Crippen LogP contribution < -0.4 is 5.73 Å². The number of halogens is 1. The summed E-state index contributed by atoms with van der Waals surface area (Å²) in [7, 11) is 0. The van der Waals surface area contributed by atoms with Gasteiger partial charge in [-0.15, -0.1) is 0 Å². The van der Waals surface area contributed by atoms with Crippen LogP contribution in [-0.4, -0.2) is 11.1 Å². The molecule has 0 radical (unpaired) electrons. The Morgan fingerprint density at radius 3 is 2.92 bits per heavy atom. The Labute approximate surface area is 76.0 Å². The molecule has 0 bridgehead atoms. The van der Waals surface area contributed by atoms with Gasteiger partial charge in [-0.1, -0.05) is 23.7 Å². The van der Waals surface area contributed by atoms with E-state index in [0.717, 1.165) is 11.1 Å². The highest BCUT2D eigenvalue weighted by Gasteiger charge is 2.29. The molecule has 2 rings (SSSR count). The minimum Gasteiger partial charge on any atom is -0.387 e. The van der Waals surface area contributed by atoms with Gasteiger partial charge in [0, 0.05) is 11.1 Å². The Kier molecular flexibility index (Phi) is 1.83. The lowest BCUT2D eigenvalue weighted by molar-refractivity contribution is 0.159. The van der Waals surface area contributed by atoms with Gasteiger partial charge in [-0.3, -0.25) is 0 Å². The first-order valence-electron chi connectivity index (χ1n) is 3.91. The SMILES string of the molecule is N[C@@H]1Cc2c(Cl)cccc2[C@H]1O. The highest BCUT2D eigenvalue weighted by Crippen LogP contribution is 2.34. The maximum Gasteiger partial charge on any atom is 0.0947 e. The van der Waals surface area contributed by atoms with E-state index in [0.29, 0.717) is 11.4 Å². The van der Waals surface area contributed by atoms with Crippen LogP contribution >= 0.6 is 11.6 Å². The quantitative estimate of drug-likeness (QED) is 0.636. The van der Waals surface area contributed by atoms with Crippen LogP contribution in [0.4, 0.5) is 0 Å². The molecule has 1 aromatic carbocycles. The zero-order chi connectivity index (χ0) is 8.72. The number of benzene rings is 1. The summed E-state index contributed by atoms with van der Waals surface area (Å²) < 4.78 is 0. The van der Waals surface area contributed by atoms with E-state index < -0.39 is 6.10 Å². The zero-order valence-electron chi connectivity index (χ0n) is 6.50. The maximum absolute atomic E-state index is 9.59. The normalized spacial score (nSPS) is 27.2. The summed E-state index contributed by atoms with van der Waals surface area (Å²) >= 11 is 5.93. The molecule has 0 spiro atoms. The summed E-state index contributed by atoms with van der Waals surface area (Å²) in [6, 6.07) is 5.34. The average molecular weight is 184 g/mol. The van der Waals surface area contributed by atoms with Crippen molar-refractivity contribution < 1.29 is 5.11 Å². The molecule has 0 saturated carbocycles. The third-order valence-corrected chi connectivity index (χ3v) is 2.67. The second kappa shape index (κ2) is 2.73. The molecule has 0 unspecified atom stereocenters. The van der Waals surface area contributed by atoms with E-state index >= 15 is 0 Å². The number of aliphatic hydroxyl groups is 1. The molecule has 2 atom stereocenters. The molecule has 0 fully saturated rings. The second-order valence-corrected chi connectivity index (χ2v) is 3.53. The third-order valence-electron chi connectivity index (χ3n) is 2.32. The summed E-state index contributed by atoms with van der Waals surface area (Å²) in [5, 5.41) is 10.3. The predicted octanol–water partition coefficient (Wildman–Crippen LogP) is 1.26. The van der Waals surface area contributed by atoms with Gasteiger partial charge in [0.25, 0.3) is 0 Å². The first kappa shape index (κ1) is 8.05. The van der Waals surface area contributed by atoms with Crippen LogP contribution in [0.5, 0.6) is 0 Å². The number of rotatable bonds is 0. The van der Waals surface area contributed by atoms with Crippen molar-refractivity contribution in [3.8, 4) is 0 Å². The number of fused-ring (bicyclic) bond motifs is 1. The molecular formula is C9H10ClNO. The van der Waals surface area contributed by atoms with Crippen LogP contribution in [0.1, 0.15) is 17.2 Å². The molecule has 3 heteroatoms. The van der Waals surface area contributed by atoms with Crippen LogP contribution in [0.3, 0.4) is 0 Å². The van der Waals surface area contributed by atoms with Gasteiger partial charge in [0.1, 0.15) is 0 Å². The van der Waals surface area contributed by atoms with E-state index in [-0.39, 0.29) is 6.04 Å². The molecule has 0 aliphatic heterocycles. The summed E-state index contributed by atoms with van der Waals surface area (Å²) in [4.78, 5) is 0. The number of hydrogen-bond acceptors (Lipinski definition) is 2. The molecule has 1 aromatic rings. The Morgan fingerprint density at radius 2 is 2.25 bits per heavy atom. The van der Waals surface area contributed by atoms with Crippen molar-refractivity contribution in [1.82, 2.24) is 0 Å². The highest BCUT2D eigenvalue weighted by atomic mass is 35.5. The van der Waals surface area contributed by atoms with Crippen LogP contribution in [0.15, 0.2) is 18.2 Å². The lowest BCUT2D eigenvalue weighted by Gasteiger charge is -2.07. The van der Waals surface area contributed by atoms with Gasteiger partial charge in [0.2, 0.25) is 0 Å². The van der Waals surface area contributed by atoms with E-state index in [1.807, 2.05) is 18.2 Å². The van der Waals surface area contributed by atoms with Crippen molar-refractivity contribution in [2.75, 3.05) is 0 Å². The highest BCUT2D eigenvalue weighted by molar-refractivity contribution is 6.31. The summed E-state index contributed by atoms with van der Waals surface area (Å²) in [6.07, 6.45) is 0.134. The molecule has 0 aromatic heterocycles. The van der Waals surface area contributed by atoms with Crippen LogP contribution in [0, 0.1) is 0 Å². The van der Waals surface area contributed by atoms with Crippen LogP contribution in [-0.2, 0) is 6.42 Å². The standard InChI is InChI=1S/C9H10ClNO/c10-7-3-1-2-5-6(7)4-8(11)9(5)12/h1-3,8-9,12H,4,11H2/t8-,9-/m1/s1. The van der Waals surface area contributed by atoms with Crippen molar-refractivity contribution in [3.63, 3.8) is 0 Å². The maximum atomic E-state index is 9.59. The topological polar surface area (TPSA) is 46.2 Å². The molecule has 64 valence electrons. The summed E-state index contributed by atoms with van der Waals surface area (Å²) in [5.41, 5.74) is 7.57. The fourth-order valence-corrected chi connectivity index (χ4v) is 1.90. The molecular weight excluding hydrogens is 174 g/mol. The second-order valence-electron chi connectivity index (χ2n) is 3.12. The van der Waals surface area contributed by atoms with Gasteiger partial charge in [0.05, 0.1) is 6.10 Å². The molecule has 0 heterocycles. The number of nitrogens with two attached hydrogens (primary N) is 1. The number of aliphatic hydroxyl groups excluding tert-OH is 1. The largest absolute Gasteiger partial charge is 0.387 e. The van der Waals surface area contributed by atoms with E-state index in [1.54, 1.807) is 0 Å². The monoisotopic (exact) mass is 183 g/mol. The molecule has 3 N–H and O–H groups in total. The Hall–Kier alpha value is -0.570. The predicted molar refractivity (Wildman–Crippen MR) is 48.1 cm³/mol. The Morgan fingerprint density at radius 1 is 1.50 bits per heavy atom. The molecule has 1 aliphatic carbocycles. The van der Waals surface area contributed by atoms with Crippen LogP contribution in [0.2, 0.25) is 5.02 Å². The molecule has 0 amide bonds. The van der Waals surface area contributed by atoms with Gasteiger partial charge in [0.15, 0.2) is 0 Å². The van der Waals surface area contributed by atoms with E-state index in [2.05, 4.69) is 0 Å². The lowest BCUT2D eigenvalue weighted by Crippen LogP contribution is -2.24. The van der Waals surface area contributed by atoms with E-state index in [4.69, 9.17) is 17.3 Å². The van der Waals surface area contributed by atoms with Crippen molar-refractivity contribution in [2.24, 2.45) is 5.73 Å². The fourth-order valence-electron chi connectivity index (χ4n) is 1.65. The fraction of sp³-hybridized carbons (Fsp3) is 0.333. The van der Waals surface area contributed by atoms with Crippen molar-refractivity contribution >= 4 is 11.6 Å². The van der Waals surface area contributed by atoms with Gasteiger partial charge >= 0.3 is 0 Å². The van der Waals surface area contributed by atoms with Crippen molar-refractivity contribution in [3.05, 3.63) is 34.3 Å². The van der Waals surface area contributed by atoms with Crippen molar-refractivity contribution in [2.45, 2.75) is 18.6 Å². The van der Waals surface area contributed by atoms with Gasteiger partial charge in [-0.25, -0.2) is 0 Å². The van der Waals surface area contributed by atoms with Gasteiger partial charge < -0.3 is 10.8 Å².